The van der Waals surface area contributed by atoms with E-state index in [0.29, 0.717) is 18.8 Å². The van der Waals surface area contributed by atoms with Gasteiger partial charge in [0, 0.05) is 30.1 Å². The van der Waals surface area contributed by atoms with Crippen molar-refractivity contribution >= 4 is 22.7 Å². The van der Waals surface area contributed by atoms with Gasteiger partial charge in [-0.15, -0.1) is 11.3 Å². The van der Waals surface area contributed by atoms with Crippen LogP contribution in [0.2, 0.25) is 0 Å². The average Bonchev–Trinajstić information content (AvgIpc) is 2.85. The van der Waals surface area contributed by atoms with Crippen molar-refractivity contribution in [3.8, 4) is 0 Å². The predicted molar refractivity (Wildman–Crippen MR) is 72.1 cm³/mol. The normalized spacial score (nSPS) is 14.3. The highest BCUT2D eigenvalue weighted by Crippen LogP contribution is 2.33. The first-order valence-corrected chi connectivity index (χ1v) is 6.77. The summed E-state index contributed by atoms with van der Waals surface area (Å²) in [6.45, 7) is 1.28. The molecule has 6 heteroatoms. The SMILES string of the molecule is O=[N+]([O-])c1ccc(F)cc1N1CCc2sccc2C1. The summed E-state index contributed by atoms with van der Waals surface area (Å²) in [6.07, 6.45) is 0.848. The Morgan fingerprint density at radius 2 is 2.21 bits per heavy atom. The van der Waals surface area contributed by atoms with Gasteiger partial charge in [0.25, 0.3) is 5.69 Å². The fraction of sp³-hybridized carbons (Fsp3) is 0.231. The Labute approximate surface area is 113 Å². The number of anilines is 1. The largest absolute Gasteiger partial charge is 0.361 e. The Morgan fingerprint density at radius 3 is 3.00 bits per heavy atom. The minimum absolute atomic E-state index is 0.0416. The molecule has 2 heterocycles. The zero-order valence-electron chi connectivity index (χ0n) is 10.0. The summed E-state index contributed by atoms with van der Waals surface area (Å²) in [4.78, 5) is 13.8. The zero-order chi connectivity index (χ0) is 13.4. The van der Waals surface area contributed by atoms with Gasteiger partial charge in [-0.3, -0.25) is 10.1 Å². The van der Waals surface area contributed by atoms with E-state index in [0.717, 1.165) is 12.5 Å². The number of hydrogen-bond donors (Lipinski definition) is 0. The third-order valence-electron chi connectivity index (χ3n) is 3.28. The zero-order valence-corrected chi connectivity index (χ0v) is 10.8. The van der Waals surface area contributed by atoms with Gasteiger partial charge in [0.15, 0.2) is 0 Å². The van der Waals surface area contributed by atoms with Gasteiger partial charge in [0.05, 0.1) is 4.92 Å². The van der Waals surface area contributed by atoms with Crippen LogP contribution in [0.3, 0.4) is 0 Å². The molecule has 0 radical (unpaired) electrons. The Bertz CT molecular complexity index is 641. The van der Waals surface area contributed by atoms with Gasteiger partial charge in [0.2, 0.25) is 0 Å². The summed E-state index contributed by atoms with van der Waals surface area (Å²) < 4.78 is 13.4. The highest BCUT2D eigenvalue weighted by atomic mass is 32.1. The number of halogens is 1. The lowest BCUT2D eigenvalue weighted by atomic mass is 10.1. The van der Waals surface area contributed by atoms with Gasteiger partial charge in [0.1, 0.15) is 11.5 Å². The van der Waals surface area contributed by atoms with Gasteiger partial charge in [-0.2, -0.15) is 0 Å². The molecule has 0 saturated heterocycles. The molecule has 3 rings (SSSR count). The van der Waals surface area contributed by atoms with Crippen molar-refractivity contribution < 1.29 is 9.31 Å². The van der Waals surface area contributed by atoms with E-state index in [4.69, 9.17) is 0 Å². The van der Waals surface area contributed by atoms with Crippen LogP contribution in [0.1, 0.15) is 10.4 Å². The Kier molecular flexibility index (Phi) is 2.94. The van der Waals surface area contributed by atoms with Crippen molar-refractivity contribution in [2.24, 2.45) is 0 Å². The van der Waals surface area contributed by atoms with Gasteiger partial charge in [-0.05, 0) is 29.5 Å². The van der Waals surface area contributed by atoms with Crippen molar-refractivity contribution in [3.63, 3.8) is 0 Å². The summed E-state index contributed by atoms with van der Waals surface area (Å²) in [5.41, 5.74) is 1.50. The second-order valence-corrected chi connectivity index (χ2v) is 5.43. The molecule has 1 aromatic heterocycles. The lowest BCUT2D eigenvalue weighted by Crippen LogP contribution is -2.30. The van der Waals surface area contributed by atoms with Crippen molar-refractivity contribution in [3.05, 3.63) is 56.0 Å². The van der Waals surface area contributed by atoms with E-state index >= 15 is 0 Å². The van der Waals surface area contributed by atoms with E-state index in [-0.39, 0.29) is 5.69 Å². The monoisotopic (exact) mass is 278 g/mol. The maximum absolute atomic E-state index is 13.4. The molecule has 0 fully saturated rings. The molecule has 0 unspecified atom stereocenters. The van der Waals surface area contributed by atoms with Crippen molar-refractivity contribution in [2.45, 2.75) is 13.0 Å². The van der Waals surface area contributed by atoms with Crippen LogP contribution in [-0.4, -0.2) is 11.5 Å². The van der Waals surface area contributed by atoms with Crippen LogP contribution >= 0.6 is 11.3 Å². The number of rotatable bonds is 2. The summed E-state index contributed by atoms with van der Waals surface area (Å²) >= 11 is 1.70. The van der Waals surface area contributed by atoms with Crippen molar-refractivity contribution in [2.75, 3.05) is 11.4 Å². The summed E-state index contributed by atoms with van der Waals surface area (Å²) in [6, 6.07) is 5.63. The van der Waals surface area contributed by atoms with Crippen LogP contribution in [0, 0.1) is 15.9 Å². The van der Waals surface area contributed by atoms with E-state index in [2.05, 4.69) is 0 Å². The molecule has 19 heavy (non-hydrogen) atoms. The first kappa shape index (κ1) is 12.1. The minimum atomic E-state index is -0.460. The number of nitrogens with zero attached hydrogens (tertiary/aromatic N) is 2. The standard InChI is InChI=1S/C13H11FN2O2S/c14-10-1-2-11(16(17)18)12(7-10)15-5-3-13-9(8-15)4-6-19-13/h1-2,4,6-7H,3,5,8H2. The van der Waals surface area contributed by atoms with Crippen LogP contribution < -0.4 is 4.90 Å². The van der Waals surface area contributed by atoms with Crippen LogP contribution in [0.15, 0.2) is 29.6 Å². The second-order valence-electron chi connectivity index (χ2n) is 4.43. The first-order chi connectivity index (χ1) is 9.15. The van der Waals surface area contributed by atoms with E-state index in [1.807, 2.05) is 16.3 Å². The molecule has 2 aromatic rings. The number of fused-ring (bicyclic) bond motifs is 1. The molecule has 0 N–H and O–H groups in total. The van der Waals surface area contributed by atoms with E-state index in [1.54, 1.807) is 11.3 Å². The van der Waals surface area contributed by atoms with Crippen LogP contribution in [0.5, 0.6) is 0 Å². The third-order valence-corrected chi connectivity index (χ3v) is 4.31. The predicted octanol–water partition coefficient (Wildman–Crippen LogP) is 3.36. The molecule has 0 saturated carbocycles. The molecule has 1 aliphatic heterocycles. The molecule has 1 aromatic carbocycles. The number of benzene rings is 1. The smallest absolute Gasteiger partial charge is 0.292 e. The quantitative estimate of drug-likeness (QED) is 0.625. The molecule has 0 aliphatic carbocycles. The third kappa shape index (κ3) is 2.19. The molecular weight excluding hydrogens is 267 g/mol. The van der Waals surface area contributed by atoms with Crippen molar-refractivity contribution in [1.29, 1.82) is 0 Å². The topological polar surface area (TPSA) is 46.4 Å². The lowest BCUT2D eigenvalue weighted by Gasteiger charge is -2.28. The Balaban J connectivity index is 1.99. The molecule has 4 nitrogen and oxygen atoms in total. The van der Waals surface area contributed by atoms with Crippen molar-refractivity contribution in [1.82, 2.24) is 0 Å². The molecule has 0 bridgehead atoms. The number of hydrogen-bond acceptors (Lipinski definition) is 4. The summed E-state index contributed by atoms with van der Waals surface area (Å²) in [7, 11) is 0. The highest BCUT2D eigenvalue weighted by molar-refractivity contribution is 7.10. The second kappa shape index (κ2) is 4.62. The molecule has 0 spiro atoms. The fourth-order valence-electron chi connectivity index (χ4n) is 2.36. The lowest BCUT2D eigenvalue weighted by molar-refractivity contribution is -0.384. The Morgan fingerprint density at radius 1 is 1.37 bits per heavy atom. The number of thiophene rings is 1. The minimum Gasteiger partial charge on any atom is -0.361 e. The van der Waals surface area contributed by atoms with Gasteiger partial charge < -0.3 is 4.90 Å². The number of nitro benzene ring substituents is 1. The van der Waals surface area contributed by atoms with E-state index < -0.39 is 10.7 Å². The van der Waals surface area contributed by atoms with Gasteiger partial charge >= 0.3 is 0 Å². The summed E-state index contributed by atoms with van der Waals surface area (Å²) in [5, 5.41) is 13.1. The fourth-order valence-corrected chi connectivity index (χ4v) is 3.25. The number of nitro groups is 1. The Hall–Kier alpha value is -1.95. The molecule has 0 amide bonds. The van der Waals surface area contributed by atoms with Crippen LogP contribution in [-0.2, 0) is 13.0 Å². The maximum atomic E-state index is 13.4. The average molecular weight is 278 g/mol. The molecule has 98 valence electrons. The molecular formula is C13H11FN2O2S. The van der Waals surface area contributed by atoms with Crippen LogP contribution in [0.25, 0.3) is 0 Å². The van der Waals surface area contributed by atoms with E-state index in [1.165, 1.54) is 22.6 Å². The highest BCUT2D eigenvalue weighted by Gasteiger charge is 2.24. The molecule has 1 aliphatic rings. The summed E-state index contributed by atoms with van der Waals surface area (Å²) in [5.74, 6) is -0.447. The van der Waals surface area contributed by atoms with E-state index in [9.17, 15) is 14.5 Å². The first-order valence-electron chi connectivity index (χ1n) is 5.89. The maximum Gasteiger partial charge on any atom is 0.292 e. The van der Waals surface area contributed by atoms with Crippen LogP contribution in [0.4, 0.5) is 15.8 Å². The molecule has 0 atom stereocenters. The van der Waals surface area contributed by atoms with Gasteiger partial charge in [-0.25, -0.2) is 4.39 Å². The van der Waals surface area contributed by atoms with Gasteiger partial charge in [-0.1, -0.05) is 0 Å².